The number of nitrogens with one attached hydrogen (secondary N) is 1. The van der Waals surface area contributed by atoms with Gasteiger partial charge in [-0.2, -0.15) is 4.39 Å². The summed E-state index contributed by atoms with van der Waals surface area (Å²) in [5, 5.41) is 7.31. The SMILES string of the molecule is N=C(N)c1ncccc1Oc1cccc(F)c1F. The molecule has 1 aromatic carbocycles. The van der Waals surface area contributed by atoms with E-state index in [9.17, 15) is 8.78 Å². The van der Waals surface area contributed by atoms with Crippen molar-refractivity contribution in [2.24, 2.45) is 5.73 Å². The molecule has 0 radical (unpaired) electrons. The molecule has 0 spiro atoms. The van der Waals surface area contributed by atoms with Gasteiger partial charge in [0.1, 0.15) is 11.5 Å². The lowest BCUT2D eigenvalue weighted by Crippen LogP contribution is -2.14. The number of nitrogens with two attached hydrogens (primary N) is 1. The Morgan fingerprint density at radius 3 is 2.61 bits per heavy atom. The number of hydrogen-bond donors (Lipinski definition) is 2. The van der Waals surface area contributed by atoms with Gasteiger partial charge in [-0.3, -0.25) is 5.41 Å². The van der Waals surface area contributed by atoms with Gasteiger partial charge in [-0.25, -0.2) is 9.37 Å². The first-order valence-corrected chi connectivity index (χ1v) is 5.01. The number of rotatable bonds is 3. The molecule has 0 unspecified atom stereocenters. The number of nitrogen functional groups attached to an aromatic ring is 1. The summed E-state index contributed by atoms with van der Waals surface area (Å²) < 4.78 is 31.6. The molecule has 0 atom stereocenters. The van der Waals surface area contributed by atoms with Gasteiger partial charge in [-0.15, -0.1) is 0 Å². The quantitative estimate of drug-likeness (QED) is 0.648. The highest BCUT2D eigenvalue weighted by molar-refractivity contribution is 5.95. The minimum Gasteiger partial charge on any atom is -0.452 e. The number of ether oxygens (including phenoxy) is 1. The van der Waals surface area contributed by atoms with Gasteiger partial charge < -0.3 is 10.5 Å². The van der Waals surface area contributed by atoms with Crippen molar-refractivity contribution in [1.82, 2.24) is 4.98 Å². The van der Waals surface area contributed by atoms with Crippen LogP contribution in [-0.2, 0) is 0 Å². The van der Waals surface area contributed by atoms with Crippen LogP contribution in [0.2, 0.25) is 0 Å². The number of aromatic nitrogens is 1. The van der Waals surface area contributed by atoms with Crippen LogP contribution in [0.3, 0.4) is 0 Å². The summed E-state index contributed by atoms with van der Waals surface area (Å²) in [4.78, 5) is 3.84. The predicted molar refractivity (Wildman–Crippen MR) is 61.7 cm³/mol. The van der Waals surface area contributed by atoms with Crippen LogP contribution >= 0.6 is 0 Å². The van der Waals surface area contributed by atoms with Gasteiger partial charge in [0.2, 0.25) is 5.82 Å². The maximum atomic E-state index is 13.4. The van der Waals surface area contributed by atoms with Gasteiger partial charge in [0.05, 0.1) is 0 Å². The molecule has 0 aliphatic carbocycles. The van der Waals surface area contributed by atoms with E-state index in [0.29, 0.717) is 0 Å². The standard InChI is InChI=1S/C12H9F2N3O/c13-7-3-1-4-8(10(7)14)18-9-5-2-6-17-11(9)12(15)16/h1-6H,(H3,15,16). The number of benzene rings is 1. The lowest BCUT2D eigenvalue weighted by Gasteiger charge is -2.09. The molecule has 2 rings (SSSR count). The summed E-state index contributed by atoms with van der Waals surface area (Å²) in [7, 11) is 0. The van der Waals surface area contributed by atoms with Gasteiger partial charge in [0.15, 0.2) is 17.3 Å². The van der Waals surface area contributed by atoms with Crippen LogP contribution in [0.25, 0.3) is 0 Å². The van der Waals surface area contributed by atoms with Crippen molar-refractivity contribution in [2.75, 3.05) is 0 Å². The minimum atomic E-state index is -1.10. The molecule has 3 N–H and O–H groups in total. The third-order valence-corrected chi connectivity index (χ3v) is 2.16. The Morgan fingerprint density at radius 1 is 1.17 bits per heavy atom. The molecule has 18 heavy (non-hydrogen) atoms. The number of nitrogens with zero attached hydrogens (tertiary/aromatic N) is 1. The van der Waals surface area contributed by atoms with Gasteiger partial charge in [-0.05, 0) is 24.3 Å². The fourth-order valence-electron chi connectivity index (χ4n) is 1.36. The highest BCUT2D eigenvalue weighted by Gasteiger charge is 2.13. The number of halogens is 2. The molecule has 0 amide bonds. The topological polar surface area (TPSA) is 72.0 Å². The smallest absolute Gasteiger partial charge is 0.201 e. The molecule has 1 heterocycles. The second-order valence-corrected chi connectivity index (χ2v) is 3.42. The van der Waals surface area contributed by atoms with Crippen LogP contribution in [0.4, 0.5) is 8.78 Å². The average molecular weight is 249 g/mol. The molecule has 0 saturated heterocycles. The zero-order valence-electron chi connectivity index (χ0n) is 9.15. The Balaban J connectivity index is 2.40. The normalized spacial score (nSPS) is 10.1. The first-order chi connectivity index (χ1) is 8.59. The number of pyridine rings is 1. The maximum Gasteiger partial charge on any atom is 0.201 e. The second-order valence-electron chi connectivity index (χ2n) is 3.42. The molecular weight excluding hydrogens is 240 g/mol. The third-order valence-electron chi connectivity index (χ3n) is 2.16. The predicted octanol–water partition coefficient (Wildman–Crippen LogP) is 2.44. The van der Waals surface area contributed by atoms with E-state index in [4.69, 9.17) is 15.9 Å². The molecule has 4 nitrogen and oxygen atoms in total. The highest BCUT2D eigenvalue weighted by Crippen LogP contribution is 2.27. The molecular formula is C12H9F2N3O. The van der Waals surface area contributed by atoms with E-state index in [1.165, 1.54) is 24.4 Å². The monoisotopic (exact) mass is 249 g/mol. The molecule has 0 fully saturated rings. The van der Waals surface area contributed by atoms with Crippen molar-refractivity contribution in [3.8, 4) is 11.5 Å². The Kier molecular flexibility index (Phi) is 3.18. The third kappa shape index (κ3) is 2.27. The molecule has 1 aromatic heterocycles. The van der Waals surface area contributed by atoms with E-state index in [2.05, 4.69) is 4.98 Å². The molecule has 0 aliphatic heterocycles. The van der Waals surface area contributed by atoms with Gasteiger partial charge in [-0.1, -0.05) is 6.07 Å². The van der Waals surface area contributed by atoms with E-state index in [-0.39, 0.29) is 23.0 Å². The van der Waals surface area contributed by atoms with Gasteiger partial charge in [0, 0.05) is 6.20 Å². The van der Waals surface area contributed by atoms with Crippen molar-refractivity contribution >= 4 is 5.84 Å². The van der Waals surface area contributed by atoms with Crippen LogP contribution in [0.5, 0.6) is 11.5 Å². The average Bonchev–Trinajstić information content (AvgIpc) is 2.35. The van der Waals surface area contributed by atoms with Crippen molar-refractivity contribution in [2.45, 2.75) is 0 Å². The van der Waals surface area contributed by atoms with Crippen LogP contribution < -0.4 is 10.5 Å². The summed E-state index contributed by atoms with van der Waals surface area (Å²) in [6, 6.07) is 6.58. The summed E-state index contributed by atoms with van der Waals surface area (Å²) in [5.74, 6) is -2.63. The van der Waals surface area contributed by atoms with E-state index >= 15 is 0 Å². The zero-order chi connectivity index (χ0) is 13.1. The lowest BCUT2D eigenvalue weighted by atomic mass is 10.3. The van der Waals surface area contributed by atoms with E-state index in [1.54, 1.807) is 6.07 Å². The molecule has 0 saturated carbocycles. The van der Waals surface area contributed by atoms with E-state index in [1.807, 2.05) is 0 Å². The second kappa shape index (κ2) is 4.79. The van der Waals surface area contributed by atoms with Gasteiger partial charge in [0.25, 0.3) is 0 Å². The Labute approximate surface area is 102 Å². The van der Waals surface area contributed by atoms with Crippen LogP contribution in [0.1, 0.15) is 5.69 Å². The highest BCUT2D eigenvalue weighted by atomic mass is 19.2. The Bertz CT molecular complexity index is 602. The van der Waals surface area contributed by atoms with Crippen molar-refractivity contribution in [3.63, 3.8) is 0 Å². The molecule has 0 bridgehead atoms. The van der Waals surface area contributed by atoms with Gasteiger partial charge >= 0.3 is 0 Å². The zero-order valence-corrected chi connectivity index (χ0v) is 9.15. The summed E-state index contributed by atoms with van der Waals surface area (Å²) in [6.07, 6.45) is 1.42. The summed E-state index contributed by atoms with van der Waals surface area (Å²) in [5.41, 5.74) is 5.38. The fraction of sp³-hybridized carbons (Fsp3) is 0. The molecule has 0 aliphatic rings. The van der Waals surface area contributed by atoms with Crippen LogP contribution in [0, 0.1) is 17.0 Å². The first kappa shape index (κ1) is 12.0. The number of hydrogen-bond acceptors (Lipinski definition) is 3. The molecule has 92 valence electrons. The largest absolute Gasteiger partial charge is 0.452 e. The van der Waals surface area contributed by atoms with Crippen molar-refractivity contribution in [1.29, 1.82) is 5.41 Å². The van der Waals surface area contributed by atoms with E-state index in [0.717, 1.165) is 6.07 Å². The summed E-state index contributed by atoms with van der Waals surface area (Å²) in [6.45, 7) is 0. The summed E-state index contributed by atoms with van der Waals surface area (Å²) >= 11 is 0. The minimum absolute atomic E-state index is 0.0705. The Hall–Kier alpha value is -2.50. The Morgan fingerprint density at radius 2 is 1.89 bits per heavy atom. The first-order valence-electron chi connectivity index (χ1n) is 5.01. The van der Waals surface area contributed by atoms with Crippen LogP contribution in [0.15, 0.2) is 36.5 Å². The fourth-order valence-corrected chi connectivity index (χ4v) is 1.36. The number of amidine groups is 1. The van der Waals surface area contributed by atoms with E-state index < -0.39 is 11.6 Å². The lowest BCUT2D eigenvalue weighted by molar-refractivity contribution is 0.414. The maximum absolute atomic E-state index is 13.4. The van der Waals surface area contributed by atoms with Crippen LogP contribution in [-0.4, -0.2) is 10.8 Å². The molecule has 2 aromatic rings. The molecule has 6 heteroatoms. The van der Waals surface area contributed by atoms with Crippen molar-refractivity contribution < 1.29 is 13.5 Å². The van der Waals surface area contributed by atoms with Crippen molar-refractivity contribution in [3.05, 3.63) is 53.9 Å².